The fraction of sp³-hybridized carbons (Fsp3) is 0.361. The molecule has 5 nitrogen and oxygen atoms in total. The van der Waals surface area contributed by atoms with E-state index in [0.29, 0.717) is 0 Å². The van der Waals surface area contributed by atoms with Crippen molar-refractivity contribution < 1.29 is 4.57 Å². The molecule has 0 N–H and O–H groups in total. The van der Waals surface area contributed by atoms with E-state index >= 15 is 0 Å². The van der Waals surface area contributed by atoms with Crippen LogP contribution in [0.5, 0.6) is 0 Å². The third kappa shape index (κ3) is 6.07. The third-order valence-corrected chi connectivity index (χ3v) is 9.41. The van der Waals surface area contributed by atoms with Crippen molar-refractivity contribution in [3.05, 3.63) is 95.0 Å². The van der Waals surface area contributed by atoms with Gasteiger partial charge in [0.25, 0.3) is 5.82 Å². The zero-order valence-electron chi connectivity index (χ0n) is 25.6. The Hall–Kier alpha value is -3.32. The van der Waals surface area contributed by atoms with Gasteiger partial charge in [0, 0.05) is 36.0 Å². The van der Waals surface area contributed by atoms with Crippen molar-refractivity contribution >= 4 is 40.2 Å². The Morgan fingerprint density at radius 3 is 2.26 bits per heavy atom. The number of anilines is 2. The summed E-state index contributed by atoms with van der Waals surface area (Å²) in [5, 5.41) is 2.63. The minimum absolute atomic E-state index is 1.02. The van der Waals surface area contributed by atoms with Crippen LogP contribution in [0, 0.1) is 0 Å². The summed E-state index contributed by atoms with van der Waals surface area (Å²) in [6.07, 6.45) is 7.08. The molecule has 0 amide bonds. The average Bonchev–Trinajstić information content (AvgIpc) is 3.35. The van der Waals surface area contributed by atoms with E-state index in [1.54, 1.807) is 0 Å². The number of para-hydroxylation sites is 3. The average molecular weight is 579 g/mol. The van der Waals surface area contributed by atoms with Crippen molar-refractivity contribution in [2.75, 3.05) is 70.7 Å². The molecule has 4 aromatic rings. The SMILES string of the molecule is CN(C)CCCN(CCCN(C)C)c1cc(/C=C2/Sc3cccc4c3N2CCC4)c2ccccc2[n+]1-c1ccccc1. The van der Waals surface area contributed by atoms with E-state index in [1.165, 1.54) is 62.0 Å². The van der Waals surface area contributed by atoms with Crippen LogP contribution in [0.3, 0.4) is 0 Å². The number of hydrogen-bond acceptors (Lipinski definition) is 5. The molecule has 0 saturated carbocycles. The van der Waals surface area contributed by atoms with Crippen molar-refractivity contribution in [1.29, 1.82) is 0 Å². The highest BCUT2D eigenvalue weighted by Gasteiger charge is 2.31. The molecular weight excluding hydrogens is 534 g/mol. The molecular formula is C36H44N5S+. The van der Waals surface area contributed by atoms with E-state index in [4.69, 9.17) is 0 Å². The number of pyridine rings is 1. The predicted octanol–water partition coefficient (Wildman–Crippen LogP) is 6.68. The number of benzene rings is 3. The molecule has 3 heterocycles. The van der Waals surface area contributed by atoms with Gasteiger partial charge in [0.2, 0.25) is 0 Å². The van der Waals surface area contributed by atoms with Crippen LogP contribution in [0.25, 0.3) is 22.7 Å². The molecule has 0 saturated heterocycles. The summed E-state index contributed by atoms with van der Waals surface area (Å²) >= 11 is 1.93. The summed E-state index contributed by atoms with van der Waals surface area (Å²) in [5.41, 5.74) is 6.67. The molecule has 6 heteroatoms. The minimum atomic E-state index is 1.02. The molecule has 0 unspecified atom stereocenters. The Balaban J connectivity index is 1.50. The van der Waals surface area contributed by atoms with Gasteiger partial charge in [-0.25, -0.2) is 0 Å². The largest absolute Gasteiger partial charge is 0.335 e. The Morgan fingerprint density at radius 2 is 1.52 bits per heavy atom. The first kappa shape index (κ1) is 28.8. The van der Waals surface area contributed by atoms with Crippen LogP contribution in [-0.2, 0) is 6.42 Å². The maximum absolute atomic E-state index is 2.63. The summed E-state index contributed by atoms with van der Waals surface area (Å²) in [6.45, 7) is 5.27. The molecule has 0 fully saturated rings. The van der Waals surface area contributed by atoms with Gasteiger partial charge in [-0.05, 0) is 95.3 Å². The molecule has 218 valence electrons. The van der Waals surface area contributed by atoms with E-state index in [0.717, 1.165) is 45.6 Å². The Labute approximate surface area is 256 Å². The monoisotopic (exact) mass is 578 g/mol. The van der Waals surface area contributed by atoms with Gasteiger partial charge in [-0.2, -0.15) is 4.57 Å². The molecule has 2 aliphatic rings. The Bertz CT molecular complexity index is 1550. The normalized spacial score (nSPS) is 15.3. The number of thioether (sulfide) groups is 1. The van der Waals surface area contributed by atoms with E-state index in [9.17, 15) is 0 Å². The molecule has 0 atom stereocenters. The predicted molar refractivity (Wildman–Crippen MR) is 180 cm³/mol. The van der Waals surface area contributed by atoms with Crippen molar-refractivity contribution in [1.82, 2.24) is 9.80 Å². The Kier molecular flexibility index (Phi) is 8.84. The third-order valence-electron chi connectivity index (χ3n) is 8.31. The lowest BCUT2D eigenvalue weighted by atomic mass is 10.0. The zero-order chi connectivity index (χ0) is 29.1. The second-order valence-corrected chi connectivity index (χ2v) is 13.1. The summed E-state index contributed by atoms with van der Waals surface area (Å²) < 4.78 is 2.48. The van der Waals surface area contributed by atoms with Gasteiger partial charge in [-0.1, -0.05) is 60.3 Å². The molecule has 0 aliphatic carbocycles. The molecule has 42 heavy (non-hydrogen) atoms. The number of rotatable bonds is 11. The zero-order valence-corrected chi connectivity index (χ0v) is 26.4. The fourth-order valence-corrected chi connectivity index (χ4v) is 7.53. The van der Waals surface area contributed by atoms with Crippen LogP contribution < -0.4 is 14.4 Å². The van der Waals surface area contributed by atoms with Crippen LogP contribution >= 0.6 is 11.8 Å². The van der Waals surface area contributed by atoms with E-state index in [1.807, 2.05) is 11.8 Å². The van der Waals surface area contributed by atoms with Crippen molar-refractivity contribution in [2.24, 2.45) is 0 Å². The van der Waals surface area contributed by atoms with Gasteiger partial charge >= 0.3 is 0 Å². The first-order valence-corrected chi connectivity index (χ1v) is 16.2. The summed E-state index contributed by atoms with van der Waals surface area (Å²) in [4.78, 5) is 11.2. The summed E-state index contributed by atoms with van der Waals surface area (Å²) in [5.74, 6) is 1.27. The highest BCUT2D eigenvalue weighted by atomic mass is 32.2. The smallest absolute Gasteiger partial charge is 0.282 e. The number of aromatic nitrogens is 1. The second kappa shape index (κ2) is 12.9. The molecule has 0 bridgehead atoms. The van der Waals surface area contributed by atoms with Crippen LogP contribution in [-0.4, -0.2) is 70.7 Å². The van der Waals surface area contributed by atoms with E-state index in [-0.39, 0.29) is 0 Å². The van der Waals surface area contributed by atoms with E-state index in [2.05, 4.69) is 137 Å². The minimum Gasteiger partial charge on any atom is -0.335 e. The van der Waals surface area contributed by atoms with E-state index < -0.39 is 0 Å². The summed E-state index contributed by atoms with van der Waals surface area (Å²) in [7, 11) is 8.68. The maximum Gasteiger partial charge on any atom is 0.282 e. The van der Waals surface area contributed by atoms with Gasteiger partial charge < -0.3 is 14.7 Å². The highest BCUT2D eigenvalue weighted by Crippen LogP contribution is 2.50. The van der Waals surface area contributed by atoms with Gasteiger partial charge in [-0.3, -0.25) is 4.90 Å². The topological polar surface area (TPSA) is 16.8 Å². The second-order valence-electron chi connectivity index (χ2n) is 12.1. The highest BCUT2D eigenvalue weighted by molar-refractivity contribution is 8.03. The number of fused-ring (bicyclic) bond motifs is 1. The van der Waals surface area contributed by atoms with Crippen LogP contribution in [0.4, 0.5) is 11.5 Å². The lowest BCUT2D eigenvalue weighted by Gasteiger charge is -2.27. The molecule has 0 spiro atoms. The Morgan fingerprint density at radius 1 is 0.810 bits per heavy atom. The molecule has 0 radical (unpaired) electrons. The lowest BCUT2D eigenvalue weighted by Crippen LogP contribution is -2.43. The molecule has 1 aromatic heterocycles. The standard InChI is InChI=1S/C36H44N5S/c1-37(2)21-12-23-39(24-13-22-38(3)4)34-26-29(27-35-40-25-11-15-28-14-10-20-33(42-35)36(28)40)31-18-8-9-19-32(31)41(34)30-16-6-5-7-17-30/h5-10,14,16-20,26-27H,11-13,15,21-25H2,1-4H3/q+1. The van der Waals surface area contributed by atoms with Crippen molar-refractivity contribution in [3.63, 3.8) is 0 Å². The van der Waals surface area contributed by atoms with Crippen LogP contribution in [0.1, 0.15) is 30.4 Å². The first-order chi connectivity index (χ1) is 20.5. The lowest BCUT2D eigenvalue weighted by molar-refractivity contribution is -0.553. The quantitative estimate of drug-likeness (QED) is 0.184. The van der Waals surface area contributed by atoms with Crippen LogP contribution in [0.2, 0.25) is 0 Å². The number of aryl methyl sites for hydroxylation is 1. The van der Waals surface area contributed by atoms with Gasteiger partial charge in [0.05, 0.1) is 23.8 Å². The molecule has 6 rings (SSSR count). The molecule has 2 aliphatic heterocycles. The first-order valence-electron chi connectivity index (χ1n) is 15.4. The number of hydrogen-bond donors (Lipinski definition) is 0. The maximum atomic E-state index is 2.63. The van der Waals surface area contributed by atoms with Crippen molar-refractivity contribution in [3.8, 4) is 5.69 Å². The van der Waals surface area contributed by atoms with Crippen LogP contribution in [0.15, 0.2) is 88.8 Å². The summed E-state index contributed by atoms with van der Waals surface area (Å²) in [6, 6.07) is 29.1. The fourth-order valence-electron chi connectivity index (χ4n) is 6.34. The van der Waals surface area contributed by atoms with Gasteiger partial charge in [0.1, 0.15) is 11.2 Å². The van der Waals surface area contributed by atoms with Gasteiger partial charge in [0.15, 0.2) is 0 Å². The van der Waals surface area contributed by atoms with Crippen molar-refractivity contribution in [2.45, 2.75) is 30.6 Å². The van der Waals surface area contributed by atoms with Gasteiger partial charge in [-0.15, -0.1) is 0 Å². The molecule has 3 aromatic carbocycles. The number of nitrogens with zero attached hydrogens (tertiary/aromatic N) is 5.